The van der Waals surface area contributed by atoms with Gasteiger partial charge in [0.05, 0.1) is 33.8 Å². The number of aromatic amines is 2. The maximum absolute atomic E-state index is 13.9. The molecule has 2 aliphatic rings. The van der Waals surface area contributed by atoms with Crippen molar-refractivity contribution in [3.8, 4) is 33.8 Å². The highest BCUT2D eigenvalue weighted by Gasteiger charge is 2.28. The van der Waals surface area contributed by atoms with Crippen molar-refractivity contribution in [3.05, 3.63) is 166 Å². The number of rotatable bonds is 8. The van der Waals surface area contributed by atoms with Crippen molar-refractivity contribution < 1.29 is 34.0 Å². The van der Waals surface area contributed by atoms with Crippen LogP contribution in [0.25, 0.3) is 66.6 Å². The Balaban J connectivity index is 1.36. The molecule has 66 heavy (non-hydrogen) atoms. The first-order valence-corrected chi connectivity index (χ1v) is 23.9. The number of H-pyrrole nitrogens is 2. The molecule has 0 fully saturated rings. The van der Waals surface area contributed by atoms with E-state index in [0.29, 0.717) is 56.1 Å². The normalized spacial score (nSPS) is 13.1. The quantitative estimate of drug-likeness (QED) is 0.143. The number of hydrogen-bond donors (Lipinski definition) is 2. The average Bonchev–Trinajstić information content (AvgIpc) is 3.92. The predicted molar refractivity (Wildman–Crippen MR) is 256 cm³/mol. The lowest BCUT2D eigenvalue weighted by molar-refractivity contribution is 0.485. The summed E-state index contributed by atoms with van der Waals surface area (Å²) in [7, 11) is -8.80. The molecule has 0 aliphatic carbocycles. The number of fused-ring (bicyclic) bond motifs is 8. The van der Waals surface area contributed by atoms with Gasteiger partial charge in [0, 0.05) is 33.3 Å². The molecule has 3 aromatic heterocycles. The van der Waals surface area contributed by atoms with Crippen LogP contribution < -0.4 is 8.37 Å². The molecule has 334 valence electrons. The van der Waals surface area contributed by atoms with E-state index in [4.69, 9.17) is 18.3 Å². The van der Waals surface area contributed by atoms with E-state index in [2.05, 4.69) is 9.97 Å². The monoisotopic (exact) mass is 922 g/mol. The van der Waals surface area contributed by atoms with Crippen LogP contribution in [-0.2, 0) is 20.2 Å². The van der Waals surface area contributed by atoms with Crippen molar-refractivity contribution >= 4 is 64.6 Å². The third-order valence-corrected chi connectivity index (χ3v) is 15.2. The highest BCUT2D eigenvalue weighted by Crippen LogP contribution is 2.46. The van der Waals surface area contributed by atoms with Crippen LogP contribution in [0.15, 0.2) is 119 Å². The summed E-state index contributed by atoms with van der Waals surface area (Å²) in [6.07, 6.45) is 0. The van der Waals surface area contributed by atoms with E-state index in [0.717, 1.165) is 104 Å². The SMILES string of the molecule is CC1=C(C)c2nc1cc1[nH]c(c(C)c1C)c(-c1ccccc1OS(=O)(=O)c1ccc(F)cc1)c1nc(cc3[nH]c(c(C)c3C)c2-c2ccccc2OS(=O)(=O)c2ccc(F)cc2)C(C)=C1C. The lowest BCUT2D eigenvalue weighted by Gasteiger charge is -2.14. The summed E-state index contributed by atoms with van der Waals surface area (Å²) in [5, 5.41) is 0. The number of hydrogen-bond acceptors (Lipinski definition) is 8. The molecule has 4 aromatic carbocycles. The number of benzene rings is 4. The summed E-state index contributed by atoms with van der Waals surface area (Å²) in [4.78, 5) is 17.5. The largest absolute Gasteiger partial charge is 0.378 e. The van der Waals surface area contributed by atoms with Crippen LogP contribution in [0.4, 0.5) is 8.78 Å². The van der Waals surface area contributed by atoms with Gasteiger partial charge in [0.2, 0.25) is 0 Å². The van der Waals surface area contributed by atoms with E-state index in [1.165, 1.54) is 0 Å². The third-order valence-electron chi connectivity index (χ3n) is 12.7. The average molecular weight is 923 g/mol. The van der Waals surface area contributed by atoms with Gasteiger partial charge in [0.15, 0.2) is 11.5 Å². The summed E-state index contributed by atoms with van der Waals surface area (Å²) in [5.74, 6) is -1.04. The van der Waals surface area contributed by atoms with Crippen LogP contribution in [0.2, 0.25) is 0 Å². The van der Waals surface area contributed by atoms with Gasteiger partial charge in [0.1, 0.15) is 21.4 Å². The fourth-order valence-corrected chi connectivity index (χ4v) is 10.3. The molecule has 5 heterocycles. The van der Waals surface area contributed by atoms with Gasteiger partial charge in [0.25, 0.3) is 0 Å². The molecular weight excluding hydrogens is 879 g/mol. The van der Waals surface area contributed by atoms with Crippen molar-refractivity contribution in [1.29, 1.82) is 0 Å². The molecule has 10 nitrogen and oxygen atoms in total. The minimum absolute atomic E-state index is 0.0566. The molecule has 14 heteroatoms. The highest BCUT2D eigenvalue weighted by molar-refractivity contribution is 7.87. The maximum atomic E-state index is 13.9. The van der Waals surface area contributed by atoms with Crippen molar-refractivity contribution in [2.75, 3.05) is 0 Å². The van der Waals surface area contributed by atoms with Crippen molar-refractivity contribution in [2.24, 2.45) is 0 Å². The van der Waals surface area contributed by atoms with E-state index in [1.807, 2.05) is 67.5 Å². The summed E-state index contributed by atoms with van der Waals surface area (Å²) in [5.41, 5.74) is 14.6. The molecule has 2 N–H and O–H groups in total. The van der Waals surface area contributed by atoms with Crippen LogP contribution in [-0.4, -0.2) is 36.8 Å². The Morgan fingerprint density at radius 1 is 0.455 bits per heavy atom. The maximum Gasteiger partial charge on any atom is 0.339 e. The minimum Gasteiger partial charge on any atom is -0.378 e. The van der Waals surface area contributed by atoms with Gasteiger partial charge >= 0.3 is 20.2 Å². The van der Waals surface area contributed by atoms with Crippen LogP contribution >= 0.6 is 0 Å². The molecule has 0 radical (unpaired) electrons. The topological polar surface area (TPSA) is 144 Å². The Labute approximate surface area is 381 Å². The van der Waals surface area contributed by atoms with Gasteiger partial charge in [-0.3, -0.25) is 0 Å². The molecule has 2 aliphatic heterocycles. The van der Waals surface area contributed by atoms with Gasteiger partial charge < -0.3 is 18.3 Å². The number of aryl methyl sites for hydroxylation is 4. The van der Waals surface area contributed by atoms with Gasteiger partial charge in [-0.25, -0.2) is 18.7 Å². The van der Waals surface area contributed by atoms with Gasteiger partial charge in [-0.2, -0.15) is 16.8 Å². The number of para-hydroxylation sites is 2. The number of halogens is 2. The molecule has 0 atom stereocenters. The molecule has 0 saturated heterocycles. The Hall–Kier alpha value is -7.16. The zero-order chi connectivity index (χ0) is 47.0. The summed E-state index contributed by atoms with van der Waals surface area (Å²) < 4.78 is 94.4. The van der Waals surface area contributed by atoms with Gasteiger partial charge in [-0.15, -0.1) is 0 Å². The number of nitrogens with zero attached hydrogens (tertiary/aromatic N) is 2. The lowest BCUT2D eigenvalue weighted by Crippen LogP contribution is -2.10. The van der Waals surface area contributed by atoms with Gasteiger partial charge in [-0.1, -0.05) is 36.4 Å². The first-order valence-electron chi connectivity index (χ1n) is 21.0. The zero-order valence-corrected chi connectivity index (χ0v) is 38.9. The molecule has 7 aromatic rings. The first-order chi connectivity index (χ1) is 31.3. The molecule has 0 saturated carbocycles. The Bertz CT molecular complexity index is 3420. The van der Waals surface area contributed by atoms with Crippen LogP contribution in [0.1, 0.15) is 72.7 Å². The van der Waals surface area contributed by atoms with Crippen molar-refractivity contribution in [2.45, 2.75) is 65.2 Å². The van der Waals surface area contributed by atoms with E-state index in [1.54, 1.807) is 48.5 Å². The fraction of sp³-hybridized carbons (Fsp3) is 0.154. The number of nitrogens with one attached hydrogen (secondary N) is 2. The molecular formula is C52H44F2N4O6S2. The second-order valence-corrected chi connectivity index (χ2v) is 19.6. The van der Waals surface area contributed by atoms with Crippen molar-refractivity contribution in [1.82, 2.24) is 19.9 Å². The number of allylic oxidation sites excluding steroid dienone is 4. The fourth-order valence-electron chi connectivity index (χ4n) is 8.36. The molecule has 9 rings (SSSR count). The van der Waals surface area contributed by atoms with Crippen LogP contribution in [0.5, 0.6) is 11.5 Å². The summed E-state index contributed by atoms with van der Waals surface area (Å²) in [6, 6.07) is 26.6. The van der Waals surface area contributed by atoms with E-state index >= 15 is 0 Å². The van der Waals surface area contributed by atoms with Gasteiger partial charge in [-0.05, 0) is 173 Å². The molecule has 0 amide bonds. The molecule has 0 spiro atoms. The van der Waals surface area contributed by atoms with E-state index < -0.39 is 31.9 Å². The predicted octanol–water partition coefficient (Wildman–Crippen LogP) is 12.6. The van der Waals surface area contributed by atoms with Crippen LogP contribution in [0.3, 0.4) is 0 Å². The summed E-state index contributed by atoms with van der Waals surface area (Å²) >= 11 is 0. The highest BCUT2D eigenvalue weighted by atomic mass is 32.2. The third kappa shape index (κ3) is 7.59. The zero-order valence-electron chi connectivity index (χ0n) is 37.3. The lowest BCUT2D eigenvalue weighted by atomic mass is 9.96. The minimum atomic E-state index is -4.40. The van der Waals surface area contributed by atoms with E-state index in [-0.39, 0.29) is 21.3 Å². The Kier molecular flexibility index (Phi) is 10.9. The van der Waals surface area contributed by atoms with E-state index in [9.17, 15) is 25.6 Å². The van der Waals surface area contributed by atoms with Crippen molar-refractivity contribution in [3.63, 3.8) is 0 Å². The standard InChI is InChI=1S/C52H44F2N4O6S2/c1-27-31(5)49-47(39-13-9-11-15-45(39)63-65(59,60)37-21-17-35(53)18-22-37)50-33(7)29(3)43(57-50)26-44-30(4)34(8)52(58-44)48(51-32(6)28(2)42(56-51)25-41(27)55-49)40-14-10-12-16-46(40)64-66(61,62)38-23-19-36(54)20-24-38/h9-26,55,58H,1-8H3. The first kappa shape index (κ1) is 44.1. The van der Waals surface area contributed by atoms with Crippen LogP contribution in [0, 0.1) is 39.3 Å². The Morgan fingerprint density at radius 2 is 0.803 bits per heavy atom. The molecule has 0 unspecified atom stereocenters. The smallest absolute Gasteiger partial charge is 0.339 e. The number of aromatic nitrogens is 4. The molecule has 8 bridgehead atoms. The Morgan fingerprint density at radius 3 is 1.17 bits per heavy atom. The second-order valence-electron chi connectivity index (χ2n) is 16.5. The summed E-state index contributed by atoms with van der Waals surface area (Å²) in [6.45, 7) is 15.9. The second kappa shape index (κ2) is 16.4.